The Morgan fingerprint density at radius 3 is 2.46 bits per heavy atom. The lowest BCUT2D eigenvalue weighted by Gasteiger charge is -2.32. The quantitative estimate of drug-likeness (QED) is 0.223. The molecule has 2 heterocycles. The number of rotatable bonds is 14. The predicted molar refractivity (Wildman–Crippen MR) is 144 cm³/mol. The topological polar surface area (TPSA) is 106 Å². The highest BCUT2D eigenvalue weighted by Gasteiger charge is 2.36. The normalized spacial score (nSPS) is 15.2. The Bertz CT molecular complexity index is 1100. The Morgan fingerprint density at radius 2 is 1.84 bits per heavy atom. The maximum absolute atomic E-state index is 13.5. The Morgan fingerprint density at radius 1 is 1.14 bits per heavy atom. The first kappa shape index (κ1) is 28.3. The molecular formula is C27H40N6O4. The fraction of sp³-hybridized carbons (Fsp3) is 0.556. The van der Waals surface area contributed by atoms with Crippen LogP contribution in [0.25, 0.3) is 0 Å². The zero-order valence-electron chi connectivity index (χ0n) is 22.7. The number of carbonyl (C=O) groups is 1. The molecule has 1 unspecified atom stereocenters. The van der Waals surface area contributed by atoms with Gasteiger partial charge in [0.2, 0.25) is 5.95 Å². The first-order valence-corrected chi connectivity index (χ1v) is 13.2. The van der Waals surface area contributed by atoms with Crippen molar-refractivity contribution in [2.45, 2.75) is 60.0 Å². The Balaban J connectivity index is 2.04. The third-order valence-corrected chi connectivity index (χ3v) is 6.73. The predicted octanol–water partition coefficient (Wildman–Crippen LogP) is 4.59. The largest absolute Gasteiger partial charge is 0.461 e. The summed E-state index contributed by atoms with van der Waals surface area (Å²) in [5.41, 5.74) is 2.62. The minimum absolute atomic E-state index is 0.0234. The van der Waals surface area contributed by atoms with Crippen LogP contribution in [-0.4, -0.2) is 69.6 Å². The highest BCUT2D eigenvalue weighted by atomic mass is 16.6. The molecule has 1 N–H and O–H groups in total. The van der Waals surface area contributed by atoms with Gasteiger partial charge >= 0.3 is 5.97 Å². The van der Waals surface area contributed by atoms with Gasteiger partial charge in [0, 0.05) is 30.9 Å². The highest BCUT2D eigenvalue weighted by Crippen LogP contribution is 2.39. The second kappa shape index (κ2) is 13.3. The molecule has 0 spiro atoms. The molecule has 0 fully saturated rings. The summed E-state index contributed by atoms with van der Waals surface area (Å²) in [5, 5.41) is 14.9. The molecule has 0 saturated heterocycles. The van der Waals surface area contributed by atoms with Crippen molar-refractivity contribution in [1.82, 2.24) is 19.4 Å². The van der Waals surface area contributed by atoms with Crippen LogP contribution in [0, 0.1) is 10.1 Å². The number of benzene rings is 1. The number of nitrogens with zero attached hydrogens (tertiary/aromatic N) is 5. The van der Waals surface area contributed by atoms with Gasteiger partial charge in [0.1, 0.15) is 6.61 Å². The monoisotopic (exact) mass is 512 g/mol. The van der Waals surface area contributed by atoms with Gasteiger partial charge in [-0.3, -0.25) is 15.0 Å². The van der Waals surface area contributed by atoms with Crippen molar-refractivity contribution in [3.63, 3.8) is 0 Å². The second-order valence-corrected chi connectivity index (χ2v) is 9.30. The number of ether oxygens (including phenoxy) is 1. The lowest BCUT2D eigenvalue weighted by atomic mass is 9.94. The van der Waals surface area contributed by atoms with E-state index in [1.165, 1.54) is 12.1 Å². The maximum atomic E-state index is 13.5. The van der Waals surface area contributed by atoms with E-state index in [9.17, 15) is 14.9 Å². The molecule has 1 atom stereocenters. The van der Waals surface area contributed by atoms with Crippen molar-refractivity contribution in [1.29, 1.82) is 0 Å². The average Bonchev–Trinajstić information content (AvgIpc) is 3.27. The summed E-state index contributed by atoms with van der Waals surface area (Å²) < 4.78 is 7.74. The minimum Gasteiger partial charge on any atom is -0.461 e. The minimum atomic E-state index is -0.597. The summed E-state index contributed by atoms with van der Waals surface area (Å²) in [7, 11) is 0. The van der Waals surface area contributed by atoms with Crippen molar-refractivity contribution in [2.24, 2.45) is 0 Å². The van der Waals surface area contributed by atoms with Gasteiger partial charge in [-0.1, -0.05) is 39.8 Å². The van der Waals surface area contributed by atoms with E-state index in [2.05, 4.69) is 47.8 Å². The number of nitro groups is 1. The summed E-state index contributed by atoms with van der Waals surface area (Å²) in [6, 6.07) is 5.88. The van der Waals surface area contributed by atoms with E-state index in [1.54, 1.807) is 6.07 Å². The number of nitrogens with one attached hydrogen (secondary N) is 1. The number of esters is 1. The highest BCUT2D eigenvalue weighted by molar-refractivity contribution is 5.92. The summed E-state index contributed by atoms with van der Waals surface area (Å²) in [5.74, 6) is 0.176. The zero-order valence-corrected chi connectivity index (χ0v) is 22.7. The van der Waals surface area contributed by atoms with Crippen LogP contribution >= 0.6 is 0 Å². The van der Waals surface area contributed by atoms with E-state index in [-0.39, 0.29) is 12.3 Å². The Hall–Kier alpha value is -3.24. The van der Waals surface area contributed by atoms with E-state index in [0.717, 1.165) is 44.7 Å². The van der Waals surface area contributed by atoms with Gasteiger partial charge in [-0.25, -0.2) is 9.78 Å². The number of imidazole rings is 1. The van der Waals surface area contributed by atoms with Crippen LogP contribution in [0.3, 0.4) is 0 Å². The standard InChI is InChI=1S/C27H40N6O4/c1-6-13-31(14-7-2)19-23-18-28-27-29-20(5)24(26(34)37-16-15-30(8-3)9-4)25(32(23)27)21-11-10-12-22(17-21)33(35)36/h10-12,17-18,25H,6-9,13-16,19H2,1-5H3,(H,28,29). The maximum Gasteiger partial charge on any atom is 0.338 e. The molecule has 1 aliphatic heterocycles. The molecule has 10 heteroatoms. The van der Waals surface area contributed by atoms with Crippen LogP contribution in [0.15, 0.2) is 41.7 Å². The summed E-state index contributed by atoms with van der Waals surface area (Å²) in [6.45, 7) is 15.5. The van der Waals surface area contributed by atoms with Gasteiger partial charge in [-0.2, -0.15) is 0 Å². The first-order chi connectivity index (χ1) is 17.8. The van der Waals surface area contributed by atoms with Gasteiger partial charge in [-0.05, 0) is 51.5 Å². The van der Waals surface area contributed by atoms with Gasteiger partial charge in [-0.15, -0.1) is 0 Å². The lowest BCUT2D eigenvalue weighted by Crippen LogP contribution is -2.33. The molecule has 0 saturated carbocycles. The molecule has 1 aliphatic rings. The van der Waals surface area contributed by atoms with Crippen molar-refractivity contribution < 1.29 is 14.5 Å². The van der Waals surface area contributed by atoms with Crippen LogP contribution in [-0.2, 0) is 16.1 Å². The number of hydrogen-bond acceptors (Lipinski definition) is 8. The van der Waals surface area contributed by atoms with Crippen molar-refractivity contribution in [3.8, 4) is 0 Å². The van der Waals surface area contributed by atoms with Gasteiger partial charge in [0.15, 0.2) is 0 Å². The number of anilines is 1. The van der Waals surface area contributed by atoms with Crippen LogP contribution in [0.1, 0.15) is 64.8 Å². The number of allylic oxidation sites excluding steroid dienone is 1. The summed E-state index contributed by atoms with van der Waals surface area (Å²) in [4.78, 5) is 33.9. The van der Waals surface area contributed by atoms with Crippen LogP contribution < -0.4 is 5.32 Å². The summed E-state index contributed by atoms with van der Waals surface area (Å²) in [6.07, 6.45) is 3.88. The Kier molecular flexibility index (Phi) is 10.2. The smallest absolute Gasteiger partial charge is 0.338 e. The third-order valence-electron chi connectivity index (χ3n) is 6.73. The SMILES string of the molecule is CCCN(CCC)Cc1cnc2n1C(c1cccc([N+](=O)[O-])c1)C(C(=O)OCCN(CC)CC)=C(C)N2. The van der Waals surface area contributed by atoms with E-state index >= 15 is 0 Å². The number of carbonyl (C=O) groups excluding carboxylic acids is 1. The lowest BCUT2D eigenvalue weighted by molar-refractivity contribution is -0.384. The van der Waals surface area contributed by atoms with E-state index in [0.29, 0.717) is 35.9 Å². The number of likely N-dealkylation sites (N-methyl/N-ethyl adjacent to an activating group) is 1. The molecule has 0 amide bonds. The van der Waals surface area contributed by atoms with Crippen molar-refractivity contribution in [2.75, 3.05) is 44.6 Å². The van der Waals surface area contributed by atoms with E-state index in [1.807, 2.05) is 23.8 Å². The molecule has 0 bridgehead atoms. The molecule has 0 aliphatic carbocycles. The van der Waals surface area contributed by atoms with Gasteiger partial charge in [0.05, 0.1) is 28.4 Å². The average molecular weight is 513 g/mol. The fourth-order valence-electron chi connectivity index (χ4n) is 4.87. The molecule has 1 aromatic heterocycles. The van der Waals surface area contributed by atoms with Crippen LogP contribution in [0.4, 0.5) is 11.6 Å². The van der Waals surface area contributed by atoms with Gasteiger partial charge < -0.3 is 19.5 Å². The fourth-order valence-corrected chi connectivity index (χ4v) is 4.87. The number of hydrogen-bond donors (Lipinski definition) is 1. The van der Waals surface area contributed by atoms with Crippen molar-refractivity contribution in [3.05, 3.63) is 63.1 Å². The molecule has 10 nitrogen and oxygen atoms in total. The number of aromatic nitrogens is 2. The molecule has 1 aromatic carbocycles. The molecule has 3 rings (SSSR count). The van der Waals surface area contributed by atoms with Gasteiger partial charge in [0.25, 0.3) is 5.69 Å². The van der Waals surface area contributed by atoms with Crippen LogP contribution in [0.2, 0.25) is 0 Å². The molecule has 0 radical (unpaired) electrons. The molecular weight excluding hydrogens is 472 g/mol. The number of nitro benzene ring substituents is 1. The summed E-state index contributed by atoms with van der Waals surface area (Å²) >= 11 is 0. The molecule has 202 valence electrons. The van der Waals surface area contributed by atoms with Crippen molar-refractivity contribution >= 4 is 17.6 Å². The first-order valence-electron chi connectivity index (χ1n) is 13.2. The second-order valence-electron chi connectivity index (χ2n) is 9.30. The van der Waals surface area contributed by atoms with E-state index < -0.39 is 16.9 Å². The van der Waals surface area contributed by atoms with Crippen LogP contribution in [0.5, 0.6) is 0 Å². The third kappa shape index (κ3) is 6.75. The van der Waals surface area contributed by atoms with E-state index in [4.69, 9.17) is 4.74 Å². The zero-order chi connectivity index (χ0) is 26.9. The number of fused-ring (bicyclic) bond motifs is 1. The number of non-ortho nitro benzene ring substituents is 1. The molecule has 2 aromatic rings. The Labute approximate surface area is 219 Å². The molecule has 37 heavy (non-hydrogen) atoms.